The smallest absolute Gasteiger partial charge is 0.321 e. The summed E-state index contributed by atoms with van der Waals surface area (Å²) in [6, 6.07) is 3.45. The van der Waals surface area contributed by atoms with Gasteiger partial charge in [0.1, 0.15) is 5.75 Å². The SMILES string of the molecule is CCOc1ccc([N+](=O)[O-])cc1NC(=O)N1CC(C)CC(C(=O)O)C1. The van der Waals surface area contributed by atoms with Crippen LogP contribution in [0.1, 0.15) is 20.3 Å². The van der Waals surface area contributed by atoms with Gasteiger partial charge in [-0.15, -0.1) is 0 Å². The highest BCUT2D eigenvalue weighted by Crippen LogP contribution is 2.30. The van der Waals surface area contributed by atoms with Crippen molar-refractivity contribution in [3.8, 4) is 5.75 Å². The molecule has 9 nitrogen and oxygen atoms in total. The van der Waals surface area contributed by atoms with E-state index < -0.39 is 22.8 Å². The van der Waals surface area contributed by atoms with Crippen LogP contribution in [0.15, 0.2) is 18.2 Å². The van der Waals surface area contributed by atoms with Gasteiger partial charge in [-0.3, -0.25) is 14.9 Å². The third kappa shape index (κ3) is 4.59. The molecule has 0 spiro atoms. The van der Waals surface area contributed by atoms with Gasteiger partial charge >= 0.3 is 12.0 Å². The van der Waals surface area contributed by atoms with E-state index in [2.05, 4.69) is 5.32 Å². The monoisotopic (exact) mass is 351 g/mol. The number of rotatable bonds is 5. The van der Waals surface area contributed by atoms with E-state index in [-0.39, 0.29) is 23.8 Å². The number of ether oxygens (including phenoxy) is 1. The minimum atomic E-state index is -0.935. The number of hydrogen-bond donors (Lipinski definition) is 2. The van der Waals surface area contributed by atoms with Crippen molar-refractivity contribution in [2.24, 2.45) is 11.8 Å². The van der Waals surface area contributed by atoms with Crippen LogP contribution >= 0.6 is 0 Å². The Hall–Kier alpha value is -2.84. The fourth-order valence-electron chi connectivity index (χ4n) is 2.90. The predicted octanol–water partition coefficient (Wildman–Crippen LogP) is 2.57. The van der Waals surface area contributed by atoms with Crippen molar-refractivity contribution in [3.63, 3.8) is 0 Å². The van der Waals surface area contributed by atoms with Crippen molar-refractivity contribution in [1.82, 2.24) is 4.90 Å². The van der Waals surface area contributed by atoms with Gasteiger partial charge in [-0.25, -0.2) is 4.79 Å². The lowest BCUT2D eigenvalue weighted by Gasteiger charge is -2.34. The minimum absolute atomic E-state index is 0.0528. The van der Waals surface area contributed by atoms with Crippen LogP contribution in [0.5, 0.6) is 5.75 Å². The van der Waals surface area contributed by atoms with Gasteiger partial charge < -0.3 is 20.1 Å². The first-order valence-electron chi connectivity index (χ1n) is 8.01. The number of nitrogens with one attached hydrogen (secondary N) is 1. The Balaban J connectivity index is 2.19. The molecule has 1 fully saturated rings. The molecule has 1 saturated heterocycles. The molecule has 1 aliphatic rings. The van der Waals surface area contributed by atoms with Gasteiger partial charge in [0, 0.05) is 25.2 Å². The molecule has 0 aliphatic carbocycles. The molecular formula is C16H21N3O6. The molecule has 0 radical (unpaired) electrons. The van der Waals surface area contributed by atoms with E-state index in [1.807, 2.05) is 6.92 Å². The number of nitrogens with zero attached hydrogens (tertiary/aromatic N) is 2. The normalized spacial score (nSPS) is 20.0. The number of nitro benzene ring substituents is 1. The summed E-state index contributed by atoms with van der Waals surface area (Å²) >= 11 is 0. The maximum atomic E-state index is 12.5. The molecule has 2 N–H and O–H groups in total. The zero-order chi connectivity index (χ0) is 18.6. The minimum Gasteiger partial charge on any atom is -0.492 e. The second-order valence-corrected chi connectivity index (χ2v) is 6.08. The lowest BCUT2D eigenvalue weighted by Crippen LogP contribution is -2.47. The summed E-state index contributed by atoms with van der Waals surface area (Å²) in [6.07, 6.45) is 0.514. The summed E-state index contributed by atoms with van der Waals surface area (Å²) in [5, 5.41) is 22.8. The highest BCUT2D eigenvalue weighted by molar-refractivity contribution is 5.92. The van der Waals surface area contributed by atoms with Crippen molar-refractivity contribution < 1.29 is 24.4 Å². The third-order valence-corrected chi connectivity index (χ3v) is 4.01. The summed E-state index contributed by atoms with van der Waals surface area (Å²) in [6.45, 7) is 4.51. The molecular weight excluding hydrogens is 330 g/mol. The van der Waals surface area contributed by atoms with Crippen molar-refractivity contribution in [2.75, 3.05) is 25.0 Å². The van der Waals surface area contributed by atoms with E-state index in [0.29, 0.717) is 25.3 Å². The fraction of sp³-hybridized carbons (Fsp3) is 0.500. The molecule has 1 aromatic rings. The molecule has 136 valence electrons. The predicted molar refractivity (Wildman–Crippen MR) is 89.8 cm³/mol. The number of urea groups is 1. The molecule has 1 aliphatic heterocycles. The molecule has 1 heterocycles. The number of piperidine rings is 1. The number of nitro groups is 1. The lowest BCUT2D eigenvalue weighted by atomic mass is 9.91. The Morgan fingerprint density at radius 1 is 1.44 bits per heavy atom. The summed E-state index contributed by atoms with van der Waals surface area (Å²) in [7, 11) is 0. The van der Waals surface area contributed by atoms with Gasteiger partial charge in [0.2, 0.25) is 0 Å². The average molecular weight is 351 g/mol. The number of carbonyl (C=O) groups is 2. The molecule has 0 bridgehead atoms. The van der Waals surface area contributed by atoms with E-state index >= 15 is 0 Å². The second kappa shape index (κ2) is 7.82. The Kier molecular flexibility index (Phi) is 5.79. The van der Waals surface area contributed by atoms with Gasteiger partial charge in [0.05, 0.1) is 23.1 Å². The van der Waals surface area contributed by atoms with Crippen molar-refractivity contribution in [3.05, 3.63) is 28.3 Å². The van der Waals surface area contributed by atoms with Crippen molar-refractivity contribution in [1.29, 1.82) is 0 Å². The van der Waals surface area contributed by atoms with Crippen LogP contribution in [-0.2, 0) is 4.79 Å². The van der Waals surface area contributed by atoms with Gasteiger partial charge in [0.15, 0.2) is 0 Å². The fourth-order valence-corrected chi connectivity index (χ4v) is 2.90. The first-order chi connectivity index (χ1) is 11.8. The number of amides is 2. The number of non-ortho nitro benzene ring substituents is 1. The Morgan fingerprint density at radius 2 is 2.16 bits per heavy atom. The molecule has 0 saturated carbocycles. The molecule has 1 aromatic carbocycles. The van der Waals surface area contributed by atoms with Crippen LogP contribution in [-0.4, -0.2) is 46.6 Å². The zero-order valence-corrected chi connectivity index (χ0v) is 14.1. The standard InChI is InChI=1S/C16H21N3O6/c1-3-25-14-5-4-12(19(23)24)7-13(14)17-16(22)18-8-10(2)6-11(9-18)15(20)21/h4-5,7,10-11H,3,6,8-9H2,1-2H3,(H,17,22)(H,20,21). The number of carbonyl (C=O) groups excluding carboxylic acids is 1. The quantitative estimate of drug-likeness (QED) is 0.621. The molecule has 2 atom stereocenters. The van der Waals surface area contributed by atoms with E-state index in [1.54, 1.807) is 6.92 Å². The van der Waals surface area contributed by atoms with Gasteiger partial charge in [0.25, 0.3) is 5.69 Å². The van der Waals surface area contributed by atoms with Crippen LogP contribution in [0.2, 0.25) is 0 Å². The van der Waals surface area contributed by atoms with Gasteiger partial charge in [-0.2, -0.15) is 0 Å². The number of benzene rings is 1. The second-order valence-electron chi connectivity index (χ2n) is 6.08. The van der Waals surface area contributed by atoms with Crippen LogP contribution in [0.25, 0.3) is 0 Å². The molecule has 9 heteroatoms. The molecule has 2 rings (SSSR count). The van der Waals surface area contributed by atoms with E-state index in [4.69, 9.17) is 4.74 Å². The van der Waals surface area contributed by atoms with Crippen LogP contribution in [0.3, 0.4) is 0 Å². The molecule has 0 aromatic heterocycles. The number of carboxylic acids is 1. The van der Waals surface area contributed by atoms with E-state index in [1.165, 1.54) is 23.1 Å². The maximum absolute atomic E-state index is 12.5. The van der Waals surface area contributed by atoms with Crippen LogP contribution < -0.4 is 10.1 Å². The Bertz CT molecular complexity index is 678. The third-order valence-electron chi connectivity index (χ3n) is 4.01. The van der Waals surface area contributed by atoms with Crippen molar-refractivity contribution >= 4 is 23.4 Å². The number of carboxylic acid groups (broad SMARTS) is 1. The van der Waals surface area contributed by atoms with Crippen LogP contribution in [0.4, 0.5) is 16.2 Å². The zero-order valence-electron chi connectivity index (χ0n) is 14.1. The largest absolute Gasteiger partial charge is 0.492 e. The molecule has 2 amide bonds. The Morgan fingerprint density at radius 3 is 2.76 bits per heavy atom. The lowest BCUT2D eigenvalue weighted by molar-refractivity contribution is -0.384. The summed E-state index contributed by atoms with van der Waals surface area (Å²) in [5.74, 6) is -1.18. The maximum Gasteiger partial charge on any atom is 0.321 e. The number of anilines is 1. The average Bonchev–Trinajstić information content (AvgIpc) is 2.55. The highest BCUT2D eigenvalue weighted by Gasteiger charge is 2.32. The summed E-state index contributed by atoms with van der Waals surface area (Å²) in [5.41, 5.74) is 0.0142. The van der Waals surface area contributed by atoms with E-state index in [9.17, 15) is 24.8 Å². The summed E-state index contributed by atoms with van der Waals surface area (Å²) < 4.78 is 5.39. The number of likely N-dealkylation sites (tertiary alicyclic amines) is 1. The van der Waals surface area contributed by atoms with Gasteiger partial charge in [-0.1, -0.05) is 6.92 Å². The highest BCUT2D eigenvalue weighted by atomic mass is 16.6. The molecule has 2 unspecified atom stereocenters. The van der Waals surface area contributed by atoms with Gasteiger partial charge in [-0.05, 0) is 25.3 Å². The Labute approximate surface area is 144 Å². The first-order valence-corrected chi connectivity index (χ1v) is 8.01. The molecule has 25 heavy (non-hydrogen) atoms. The summed E-state index contributed by atoms with van der Waals surface area (Å²) in [4.78, 5) is 35.6. The first kappa shape index (κ1) is 18.5. The van der Waals surface area contributed by atoms with Crippen LogP contribution in [0, 0.1) is 22.0 Å². The number of aliphatic carboxylic acids is 1. The number of hydrogen-bond acceptors (Lipinski definition) is 5. The topological polar surface area (TPSA) is 122 Å². The van der Waals surface area contributed by atoms with E-state index in [0.717, 1.165) is 0 Å². The van der Waals surface area contributed by atoms with Crippen molar-refractivity contribution in [2.45, 2.75) is 20.3 Å².